The molecular weight excluding hydrogens is 440 g/mol. The van der Waals surface area contributed by atoms with E-state index in [-0.39, 0.29) is 28.4 Å². The summed E-state index contributed by atoms with van der Waals surface area (Å²) in [5.41, 5.74) is 2.11. The van der Waals surface area contributed by atoms with E-state index in [0.29, 0.717) is 5.02 Å². The summed E-state index contributed by atoms with van der Waals surface area (Å²) in [6.07, 6.45) is 0. The second-order valence-electron chi connectivity index (χ2n) is 7.16. The van der Waals surface area contributed by atoms with Gasteiger partial charge >= 0.3 is 0 Å². The topological polar surface area (TPSA) is 66.5 Å². The van der Waals surface area contributed by atoms with Crippen molar-refractivity contribution >= 4 is 38.9 Å². The molecule has 0 saturated carbocycles. The SMILES string of the molecule is CC(C)N(C)S(=O)(=O)c1cccc(C(=O)NC(c2ccc(Cl)cc2)c2ccsc2)c1. The summed E-state index contributed by atoms with van der Waals surface area (Å²) >= 11 is 7.54. The molecule has 0 aliphatic rings. The molecule has 30 heavy (non-hydrogen) atoms. The minimum atomic E-state index is -3.68. The monoisotopic (exact) mass is 462 g/mol. The first-order valence-electron chi connectivity index (χ1n) is 9.36. The molecule has 1 atom stereocenters. The third kappa shape index (κ3) is 4.92. The van der Waals surface area contributed by atoms with Gasteiger partial charge in [-0.05, 0) is 72.1 Å². The van der Waals surface area contributed by atoms with Gasteiger partial charge in [0.15, 0.2) is 0 Å². The fourth-order valence-corrected chi connectivity index (χ4v) is 5.14. The zero-order valence-corrected chi connectivity index (χ0v) is 19.3. The van der Waals surface area contributed by atoms with Crippen LogP contribution >= 0.6 is 22.9 Å². The van der Waals surface area contributed by atoms with Crippen molar-refractivity contribution in [3.8, 4) is 0 Å². The summed E-state index contributed by atoms with van der Waals surface area (Å²) in [7, 11) is -2.15. The number of carbonyl (C=O) groups excluding carboxylic acids is 1. The van der Waals surface area contributed by atoms with Crippen LogP contribution in [-0.2, 0) is 10.0 Å². The predicted octanol–water partition coefficient (Wildman–Crippen LogP) is 4.95. The van der Waals surface area contributed by atoms with Crippen molar-refractivity contribution in [3.05, 3.63) is 87.1 Å². The Bertz CT molecular complexity index is 1110. The number of hydrogen-bond donors (Lipinski definition) is 1. The fourth-order valence-electron chi connectivity index (χ4n) is 2.91. The molecule has 1 amide bonds. The highest BCUT2D eigenvalue weighted by Crippen LogP contribution is 2.26. The number of benzene rings is 2. The molecular formula is C22H23ClN2O3S2. The maximum atomic E-state index is 13.0. The highest BCUT2D eigenvalue weighted by Gasteiger charge is 2.25. The number of thiophene rings is 1. The van der Waals surface area contributed by atoms with Gasteiger partial charge < -0.3 is 5.32 Å². The van der Waals surface area contributed by atoms with Crippen LogP contribution in [0.15, 0.2) is 70.3 Å². The number of amides is 1. The molecule has 0 aliphatic heterocycles. The maximum absolute atomic E-state index is 13.0. The van der Waals surface area contributed by atoms with E-state index in [1.165, 1.54) is 34.8 Å². The van der Waals surface area contributed by atoms with Gasteiger partial charge in [0.1, 0.15) is 0 Å². The summed E-state index contributed by atoms with van der Waals surface area (Å²) in [5.74, 6) is -0.356. The van der Waals surface area contributed by atoms with Crippen LogP contribution in [0.5, 0.6) is 0 Å². The van der Waals surface area contributed by atoms with E-state index in [9.17, 15) is 13.2 Å². The molecule has 1 N–H and O–H groups in total. The fraction of sp³-hybridized carbons (Fsp3) is 0.227. The highest BCUT2D eigenvalue weighted by molar-refractivity contribution is 7.89. The number of nitrogens with one attached hydrogen (secondary N) is 1. The lowest BCUT2D eigenvalue weighted by molar-refractivity contribution is 0.0943. The smallest absolute Gasteiger partial charge is 0.252 e. The zero-order chi connectivity index (χ0) is 21.9. The molecule has 5 nitrogen and oxygen atoms in total. The summed E-state index contributed by atoms with van der Waals surface area (Å²) in [5, 5.41) is 7.54. The van der Waals surface area contributed by atoms with Crippen LogP contribution in [0, 0.1) is 0 Å². The van der Waals surface area contributed by atoms with Crippen LogP contribution in [0.4, 0.5) is 0 Å². The standard InChI is InChI=1S/C22H23ClN2O3S2/c1-15(2)25(3)30(27,28)20-6-4-5-17(13-20)22(26)24-21(18-11-12-29-14-18)16-7-9-19(23)10-8-16/h4-15,21H,1-3H3,(H,24,26). The van der Waals surface area contributed by atoms with Gasteiger partial charge in [-0.3, -0.25) is 4.79 Å². The van der Waals surface area contributed by atoms with Crippen molar-refractivity contribution < 1.29 is 13.2 Å². The third-order valence-corrected chi connectivity index (χ3v) is 7.84. The number of hydrogen-bond acceptors (Lipinski definition) is 4. The van der Waals surface area contributed by atoms with Gasteiger partial charge in [0, 0.05) is 23.7 Å². The van der Waals surface area contributed by atoms with E-state index in [0.717, 1.165) is 11.1 Å². The Morgan fingerprint density at radius 1 is 1.07 bits per heavy atom. The van der Waals surface area contributed by atoms with E-state index >= 15 is 0 Å². The third-order valence-electron chi connectivity index (χ3n) is 4.86. The number of sulfonamides is 1. The molecule has 1 heterocycles. The van der Waals surface area contributed by atoms with Crippen molar-refractivity contribution in [3.63, 3.8) is 0 Å². The summed E-state index contributed by atoms with van der Waals surface area (Å²) < 4.78 is 26.9. The van der Waals surface area contributed by atoms with Crippen LogP contribution < -0.4 is 5.32 Å². The maximum Gasteiger partial charge on any atom is 0.252 e. The second-order valence-corrected chi connectivity index (χ2v) is 10.4. The molecule has 0 fully saturated rings. The Hall–Kier alpha value is -2.19. The predicted molar refractivity (Wildman–Crippen MR) is 122 cm³/mol. The van der Waals surface area contributed by atoms with E-state index in [1.54, 1.807) is 38.1 Å². The molecule has 3 rings (SSSR count). The molecule has 0 radical (unpaired) electrons. The van der Waals surface area contributed by atoms with Gasteiger partial charge in [0.05, 0.1) is 10.9 Å². The molecule has 8 heteroatoms. The van der Waals surface area contributed by atoms with E-state index in [4.69, 9.17) is 11.6 Å². The number of halogens is 1. The highest BCUT2D eigenvalue weighted by atomic mass is 35.5. The van der Waals surface area contributed by atoms with Crippen molar-refractivity contribution in [1.82, 2.24) is 9.62 Å². The Labute approximate surface area is 186 Å². The van der Waals surface area contributed by atoms with Crippen LogP contribution in [0.2, 0.25) is 5.02 Å². The van der Waals surface area contributed by atoms with Crippen LogP contribution in [0.25, 0.3) is 0 Å². The van der Waals surface area contributed by atoms with Crippen LogP contribution in [0.3, 0.4) is 0 Å². The minimum absolute atomic E-state index is 0.0879. The van der Waals surface area contributed by atoms with E-state index in [2.05, 4.69) is 5.32 Å². The average Bonchev–Trinajstić information content (AvgIpc) is 3.26. The van der Waals surface area contributed by atoms with Gasteiger partial charge in [-0.1, -0.05) is 29.8 Å². The lowest BCUT2D eigenvalue weighted by Gasteiger charge is -2.22. The zero-order valence-electron chi connectivity index (χ0n) is 16.9. The van der Waals surface area contributed by atoms with Gasteiger partial charge in [-0.25, -0.2) is 8.42 Å². The molecule has 3 aromatic rings. The normalized spacial score (nSPS) is 12.9. The molecule has 0 saturated heterocycles. The molecule has 0 aliphatic carbocycles. The van der Waals surface area contributed by atoms with Crippen molar-refractivity contribution in [1.29, 1.82) is 0 Å². The Morgan fingerprint density at radius 2 is 1.77 bits per heavy atom. The lowest BCUT2D eigenvalue weighted by atomic mass is 10.0. The van der Waals surface area contributed by atoms with Gasteiger partial charge in [-0.15, -0.1) is 0 Å². The largest absolute Gasteiger partial charge is 0.341 e. The Morgan fingerprint density at radius 3 is 2.37 bits per heavy atom. The lowest BCUT2D eigenvalue weighted by Crippen LogP contribution is -2.33. The number of carbonyl (C=O) groups is 1. The summed E-state index contributed by atoms with van der Waals surface area (Å²) in [4.78, 5) is 13.1. The van der Waals surface area contributed by atoms with E-state index < -0.39 is 10.0 Å². The minimum Gasteiger partial charge on any atom is -0.341 e. The van der Waals surface area contributed by atoms with E-state index in [1.807, 2.05) is 29.0 Å². The first-order chi connectivity index (χ1) is 14.2. The van der Waals surface area contributed by atoms with Crippen LogP contribution in [0.1, 0.15) is 41.4 Å². The Balaban J connectivity index is 1.91. The molecule has 158 valence electrons. The van der Waals surface area contributed by atoms with Gasteiger partial charge in [0.2, 0.25) is 10.0 Å². The molecule has 1 aromatic heterocycles. The van der Waals surface area contributed by atoms with Crippen molar-refractivity contribution in [2.24, 2.45) is 0 Å². The van der Waals surface area contributed by atoms with Crippen molar-refractivity contribution in [2.45, 2.75) is 30.8 Å². The molecule has 0 bridgehead atoms. The molecule has 1 unspecified atom stereocenters. The second kappa shape index (κ2) is 9.31. The summed E-state index contributed by atoms with van der Waals surface area (Å²) in [6, 6.07) is 14.8. The first-order valence-corrected chi connectivity index (χ1v) is 12.1. The number of nitrogens with zero attached hydrogens (tertiary/aromatic N) is 1. The number of rotatable bonds is 7. The Kier molecular flexibility index (Phi) is 6.98. The molecule has 0 spiro atoms. The molecule has 2 aromatic carbocycles. The first kappa shape index (κ1) is 22.5. The van der Waals surface area contributed by atoms with Crippen LogP contribution in [-0.4, -0.2) is 31.7 Å². The van der Waals surface area contributed by atoms with Crippen molar-refractivity contribution in [2.75, 3.05) is 7.05 Å². The quantitative estimate of drug-likeness (QED) is 0.540. The average molecular weight is 463 g/mol. The summed E-state index contributed by atoms with van der Waals surface area (Å²) in [6.45, 7) is 3.59. The van der Waals surface area contributed by atoms with Gasteiger partial charge in [0.25, 0.3) is 5.91 Å². The van der Waals surface area contributed by atoms with Gasteiger partial charge in [-0.2, -0.15) is 15.6 Å².